The highest BCUT2D eigenvalue weighted by Crippen LogP contribution is 2.47. The SMILES string of the molecule is CCCCCCCCCCCCCCCCO[C@@H]1COC2C1OC[C@H]2OP(=O)(O)OCCN=O. The minimum absolute atomic E-state index is 0.133. The van der Waals surface area contributed by atoms with Crippen LogP contribution in [-0.4, -0.2) is 62.3 Å². The van der Waals surface area contributed by atoms with E-state index in [1.807, 2.05) is 0 Å². The number of hydrogen-bond acceptors (Lipinski definition) is 8. The first-order valence-corrected chi connectivity index (χ1v) is 14.9. The summed E-state index contributed by atoms with van der Waals surface area (Å²) >= 11 is 0. The molecule has 2 aliphatic heterocycles. The summed E-state index contributed by atoms with van der Waals surface area (Å²) in [7, 11) is -4.29. The molecule has 0 bridgehead atoms. The van der Waals surface area contributed by atoms with E-state index in [1.165, 1.54) is 77.0 Å². The van der Waals surface area contributed by atoms with Crippen LogP contribution >= 0.6 is 7.82 Å². The predicted octanol–water partition coefficient (Wildman–Crippen LogP) is 5.92. The van der Waals surface area contributed by atoms with Gasteiger partial charge in [-0.25, -0.2) is 4.57 Å². The molecule has 34 heavy (non-hydrogen) atoms. The van der Waals surface area contributed by atoms with Crippen molar-refractivity contribution in [2.45, 2.75) is 121 Å². The Kier molecular flexibility index (Phi) is 15.7. The summed E-state index contributed by atoms with van der Waals surface area (Å²) in [5.74, 6) is 0. The largest absolute Gasteiger partial charge is 0.472 e. The molecule has 0 saturated carbocycles. The van der Waals surface area contributed by atoms with Crippen molar-refractivity contribution in [1.29, 1.82) is 0 Å². The summed E-state index contributed by atoms with van der Waals surface area (Å²) in [6.07, 6.45) is 16.8. The van der Waals surface area contributed by atoms with Crippen LogP contribution in [0, 0.1) is 4.91 Å². The Balaban J connectivity index is 1.43. The highest BCUT2D eigenvalue weighted by molar-refractivity contribution is 7.47. The second-order valence-corrected chi connectivity index (χ2v) is 10.8. The van der Waals surface area contributed by atoms with Crippen LogP contribution in [0.4, 0.5) is 0 Å². The maximum Gasteiger partial charge on any atom is 0.472 e. The first-order valence-electron chi connectivity index (χ1n) is 13.4. The highest BCUT2D eigenvalue weighted by atomic mass is 31.2. The van der Waals surface area contributed by atoms with Gasteiger partial charge in [-0.3, -0.25) is 9.05 Å². The number of phosphoric acid groups is 1. The normalized spacial score (nSPS) is 25.9. The van der Waals surface area contributed by atoms with Crippen LogP contribution in [0.2, 0.25) is 0 Å². The zero-order valence-electron chi connectivity index (χ0n) is 20.9. The van der Waals surface area contributed by atoms with Crippen LogP contribution in [-0.2, 0) is 27.8 Å². The molecular weight excluding hydrogens is 461 g/mol. The van der Waals surface area contributed by atoms with Gasteiger partial charge in [0.15, 0.2) is 0 Å². The van der Waals surface area contributed by atoms with Crippen molar-refractivity contribution in [3.05, 3.63) is 4.91 Å². The lowest BCUT2D eigenvalue weighted by Crippen LogP contribution is -2.34. The molecule has 200 valence electrons. The molecule has 2 aliphatic rings. The van der Waals surface area contributed by atoms with Gasteiger partial charge in [-0.1, -0.05) is 95.6 Å². The van der Waals surface area contributed by atoms with Gasteiger partial charge in [0.25, 0.3) is 0 Å². The maximum atomic E-state index is 12.0. The van der Waals surface area contributed by atoms with Gasteiger partial charge in [-0.05, 0) is 6.42 Å². The van der Waals surface area contributed by atoms with Gasteiger partial charge in [-0.15, -0.1) is 0 Å². The molecule has 0 radical (unpaired) electrons. The number of fused-ring (bicyclic) bond motifs is 1. The summed E-state index contributed by atoms with van der Waals surface area (Å²) in [4.78, 5) is 19.8. The van der Waals surface area contributed by atoms with Gasteiger partial charge >= 0.3 is 7.82 Å². The van der Waals surface area contributed by atoms with E-state index in [2.05, 4.69) is 12.1 Å². The van der Waals surface area contributed by atoms with E-state index in [-0.39, 0.29) is 32.0 Å². The first-order chi connectivity index (χ1) is 16.6. The van der Waals surface area contributed by atoms with Gasteiger partial charge in [0.05, 0.1) is 19.8 Å². The molecule has 2 saturated heterocycles. The van der Waals surface area contributed by atoms with Crippen LogP contribution in [0.5, 0.6) is 0 Å². The van der Waals surface area contributed by atoms with E-state index in [9.17, 15) is 14.4 Å². The molecular formula is C24H46NO8P. The maximum absolute atomic E-state index is 12.0. The number of nitrogens with zero attached hydrogens (tertiary/aromatic N) is 1. The highest BCUT2D eigenvalue weighted by Gasteiger charge is 2.50. The van der Waals surface area contributed by atoms with E-state index in [0.29, 0.717) is 13.2 Å². The molecule has 0 aromatic carbocycles. The van der Waals surface area contributed by atoms with Crippen LogP contribution in [0.15, 0.2) is 5.18 Å². The quantitative estimate of drug-likeness (QED) is 0.109. The fraction of sp³-hybridized carbons (Fsp3) is 1.00. The Hall–Kier alpha value is -0.410. The molecule has 0 amide bonds. The van der Waals surface area contributed by atoms with Crippen molar-refractivity contribution in [2.75, 3.05) is 33.0 Å². The van der Waals surface area contributed by atoms with E-state index < -0.39 is 20.0 Å². The van der Waals surface area contributed by atoms with E-state index in [1.54, 1.807) is 0 Å². The van der Waals surface area contributed by atoms with Crippen molar-refractivity contribution in [1.82, 2.24) is 0 Å². The van der Waals surface area contributed by atoms with Gasteiger partial charge < -0.3 is 19.1 Å². The molecule has 2 fully saturated rings. The summed E-state index contributed by atoms with van der Waals surface area (Å²) in [5, 5.41) is 2.58. The Labute approximate surface area is 205 Å². The minimum atomic E-state index is -4.29. The number of ether oxygens (including phenoxy) is 3. The van der Waals surface area contributed by atoms with Gasteiger partial charge in [0, 0.05) is 6.61 Å². The second-order valence-electron chi connectivity index (χ2n) is 9.40. The molecule has 0 spiro atoms. The molecule has 2 heterocycles. The smallest absolute Gasteiger partial charge is 0.373 e. The number of unbranched alkanes of at least 4 members (excludes halogenated alkanes) is 13. The molecule has 0 aromatic heterocycles. The van der Waals surface area contributed by atoms with Gasteiger partial charge in [-0.2, -0.15) is 4.91 Å². The zero-order chi connectivity index (χ0) is 24.5. The Morgan fingerprint density at radius 3 is 1.85 bits per heavy atom. The molecule has 9 nitrogen and oxygen atoms in total. The monoisotopic (exact) mass is 507 g/mol. The van der Waals surface area contributed by atoms with Crippen LogP contribution < -0.4 is 0 Å². The molecule has 2 rings (SSSR count). The second kappa shape index (κ2) is 17.9. The summed E-state index contributed by atoms with van der Waals surface area (Å²) in [6.45, 7) is 2.94. The third-order valence-electron chi connectivity index (χ3n) is 6.50. The summed E-state index contributed by atoms with van der Waals surface area (Å²) in [5.41, 5.74) is 0. The number of phosphoric ester groups is 1. The molecule has 3 unspecified atom stereocenters. The fourth-order valence-corrected chi connectivity index (χ4v) is 5.48. The van der Waals surface area contributed by atoms with Crippen molar-refractivity contribution in [3.8, 4) is 0 Å². The van der Waals surface area contributed by atoms with E-state index in [4.69, 9.17) is 23.3 Å². The van der Waals surface area contributed by atoms with E-state index in [0.717, 1.165) is 12.8 Å². The summed E-state index contributed by atoms with van der Waals surface area (Å²) in [6, 6.07) is 0. The average molecular weight is 508 g/mol. The number of nitroso groups, excluding NO2 is 1. The van der Waals surface area contributed by atoms with Crippen molar-refractivity contribution in [3.63, 3.8) is 0 Å². The van der Waals surface area contributed by atoms with Crippen molar-refractivity contribution < 1.29 is 32.7 Å². The lowest BCUT2D eigenvalue weighted by atomic mass is 10.0. The molecule has 10 heteroatoms. The lowest BCUT2D eigenvalue weighted by molar-refractivity contribution is -0.0381. The Morgan fingerprint density at radius 1 is 0.794 bits per heavy atom. The Bertz CT molecular complexity index is 581. The van der Waals surface area contributed by atoms with Gasteiger partial charge in [0.1, 0.15) is 31.0 Å². The standard InChI is InChI=1S/C24H46NO8P/c1-2-3-4-5-6-7-8-9-10-11-12-13-14-15-17-29-21-19-30-24-22(20-31-23(21)24)33-34(27,28)32-18-16-25-26/h21-24H,2-20H2,1H3,(H,27,28)/t21-,22-,23?,24?/m1/s1. The zero-order valence-corrected chi connectivity index (χ0v) is 21.8. The lowest BCUT2D eigenvalue weighted by Gasteiger charge is -2.19. The third kappa shape index (κ3) is 12.0. The number of hydrogen-bond donors (Lipinski definition) is 1. The first kappa shape index (κ1) is 29.8. The summed E-state index contributed by atoms with van der Waals surface area (Å²) < 4.78 is 39.3. The fourth-order valence-electron chi connectivity index (χ4n) is 4.59. The number of rotatable bonds is 22. The van der Waals surface area contributed by atoms with Crippen LogP contribution in [0.25, 0.3) is 0 Å². The van der Waals surface area contributed by atoms with Crippen LogP contribution in [0.3, 0.4) is 0 Å². The molecule has 0 aliphatic carbocycles. The minimum Gasteiger partial charge on any atom is -0.373 e. The molecule has 1 N–H and O–H groups in total. The molecule has 5 atom stereocenters. The van der Waals surface area contributed by atoms with Crippen molar-refractivity contribution >= 4 is 7.82 Å². The predicted molar refractivity (Wildman–Crippen MR) is 131 cm³/mol. The topological polar surface area (TPSA) is 113 Å². The third-order valence-corrected chi connectivity index (χ3v) is 7.54. The van der Waals surface area contributed by atoms with E-state index >= 15 is 0 Å². The average Bonchev–Trinajstić information content (AvgIpc) is 3.39. The Morgan fingerprint density at radius 2 is 1.29 bits per heavy atom. The van der Waals surface area contributed by atoms with Crippen LogP contribution in [0.1, 0.15) is 96.8 Å². The van der Waals surface area contributed by atoms with Gasteiger partial charge in [0.2, 0.25) is 0 Å². The molecule has 0 aromatic rings. The van der Waals surface area contributed by atoms with Crippen molar-refractivity contribution in [2.24, 2.45) is 5.18 Å².